The molecule has 0 saturated heterocycles. The van der Waals surface area contributed by atoms with E-state index in [1.807, 2.05) is 0 Å². The first-order chi connectivity index (χ1) is 8.66. The van der Waals surface area contributed by atoms with E-state index in [2.05, 4.69) is 10.3 Å². The molecule has 0 amide bonds. The Kier molecular flexibility index (Phi) is 3.47. The average Bonchev–Trinajstić information content (AvgIpc) is 2.38. The fourth-order valence-corrected chi connectivity index (χ4v) is 1.49. The van der Waals surface area contributed by atoms with Crippen LogP contribution in [0.4, 0.5) is 15.8 Å². The van der Waals surface area contributed by atoms with Crippen LogP contribution in [0.15, 0.2) is 42.6 Å². The molecule has 1 aromatic heterocycles. The molecule has 0 fully saturated rings. The van der Waals surface area contributed by atoms with Crippen LogP contribution in [0.5, 0.6) is 0 Å². The molecule has 5 nitrogen and oxygen atoms in total. The zero-order chi connectivity index (χ0) is 13.0. The summed E-state index contributed by atoms with van der Waals surface area (Å²) in [5, 5.41) is 13.7. The van der Waals surface area contributed by atoms with E-state index in [1.54, 1.807) is 12.1 Å². The van der Waals surface area contributed by atoms with Crippen LogP contribution < -0.4 is 5.32 Å². The summed E-state index contributed by atoms with van der Waals surface area (Å²) >= 11 is 0. The first kappa shape index (κ1) is 12.0. The van der Waals surface area contributed by atoms with Crippen LogP contribution in [0, 0.1) is 15.9 Å². The lowest BCUT2D eigenvalue weighted by molar-refractivity contribution is -0.385. The van der Waals surface area contributed by atoms with Gasteiger partial charge in [0.25, 0.3) is 5.69 Å². The van der Waals surface area contributed by atoms with Crippen molar-refractivity contribution in [1.29, 1.82) is 0 Å². The molecule has 0 bridgehead atoms. The Labute approximate surface area is 102 Å². The highest BCUT2D eigenvalue weighted by molar-refractivity contribution is 5.45. The van der Waals surface area contributed by atoms with Gasteiger partial charge in [0.15, 0.2) is 0 Å². The fourth-order valence-electron chi connectivity index (χ4n) is 1.49. The lowest BCUT2D eigenvalue weighted by Gasteiger charge is -2.05. The molecule has 0 saturated carbocycles. The number of hydrogen-bond acceptors (Lipinski definition) is 4. The van der Waals surface area contributed by atoms with Crippen molar-refractivity contribution in [1.82, 2.24) is 4.98 Å². The van der Waals surface area contributed by atoms with E-state index in [-0.39, 0.29) is 18.0 Å². The molecular formula is C12H10FN3O2. The van der Waals surface area contributed by atoms with Crippen LogP contribution in [-0.4, -0.2) is 9.91 Å². The van der Waals surface area contributed by atoms with Crippen molar-refractivity contribution < 1.29 is 9.31 Å². The van der Waals surface area contributed by atoms with Gasteiger partial charge in [0.1, 0.15) is 11.5 Å². The van der Waals surface area contributed by atoms with Gasteiger partial charge in [0.05, 0.1) is 11.5 Å². The SMILES string of the molecule is O=[N+]([O-])c1cccnc1CNc1ccc(F)cc1. The van der Waals surface area contributed by atoms with Crippen molar-refractivity contribution in [3.63, 3.8) is 0 Å². The first-order valence-corrected chi connectivity index (χ1v) is 5.24. The van der Waals surface area contributed by atoms with Crippen LogP contribution in [0.1, 0.15) is 5.69 Å². The van der Waals surface area contributed by atoms with E-state index >= 15 is 0 Å². The Hall–Kier alpha value is -2.50. The third kappa shape index (κ3) is 2.79. The zero-order valence-corrected chi connectivity index (χ0v) is 9.34. The van der Waals surface area contributed by atoms with Crippen molar-refractivity contribution in [2.45, 2.75) is 6.54 Å². The van der Waals surface area contributed by atoms with Gasteiger partial charge in [-0.3, -0.25) is 15.1 Å². The van der Waals surface area contributed by atoms with E-state index in [1.165, 1.54) is 30.5 Å². The second-order valence-electron chi connectivity index (χ2n) is 3.59. The number of pyridine rings is 1. The Morgan fingerprint density at radius 1 is 1.28 bits per heavy atom. The predicted octanol–water partition coefficient (Wildman–Crippen LogP) is 2.74. The topological polar surface area (TPSA) is 68.1 Å². The molecule has 1 aromatic carbocycles. The Morgan fingerprint density at radius 2 is 2.00 bits per heavy atom. The molecule has 0 aliphatic heterocycles. The van der Waals surface area contributed by atoms with Gasteiger partial charge < -0.3 is 5.32 Å². The summed E-state index contributed by atoms with van der Waals surface area (Å²) in [6, 6.07) is 8.66. The molecule has 0 unspecified atom stereocenters. The van der Waals surface area contributed by atoms with Gasteiger partial charge in [-0.25, -0.2) is 4.39 Å². The van der Waals surface area contributed by atoms with Gasteiger partial charge in [0, 0.05) is 18.0 Å². The summed E-state index contributed by atoms with van der Waals surface area (Å²) in [6.07, 6.45) is 1.49. The van der Waals surface area contributed by atoms with Gasteiger partial charge >= 0.3 is 0 Å². The van der Waals surface area contributed by atoms with E-state index < -0.39 is 4.92 Å². The minimum absolute atomic E-state index is 0.0351. The quantitative estimate of drug-likeness (QED) is 0.666. The van der Waals surface area contributed by atoms with Gasteiger partial charge in [-0.05, 0) is 30.3 Å². The van der Waals surface area contributed by atoms with E-state index in [0.29, 0.717) is 11.4 Å². The van der Waals surface area contributed by atoms with Crippen LogP contribution in [-0.2, 0) is 6.54 Å². The number of benzene rings is 1. The number of halogens is 1. The number of nitro groups is 1. The minimum atomic E-state index is -0.478. The molecular weight excluding hydrogens is 237 g/mol. The van der Waals surface area contributed by atoms with E-state index in [0.717, 1.165) is 0 Å². The maximum atomic E-state index is 12.7. The standard InChI is InChI=1S/C12H10FN3O2/c13-9-3-5-10(6-4-9)15-8-11-12(16(17)18)2-1-7-14-11/h1-7,15H,8H2. The third-order valence-electron chi connectivity index (χ3n) is 2.37. The summed E-state index contributed by atoms with van der Waals surface area (Å²) in [5.41, 5.74) is 0.982. The highest BCUT2D eigenvalue weighted by Crippen LogP contribution is 2.17. The molecule has 92 valence electrons. The van der Waals surface area contributed by atoms with Crippen molar-refractivity contribution in [2.24, 2.45) is 0 Å². The summed E-state index contributed by atoms with van der Waals surface area (Å²) in [6.45, 7) is 0.211. The van der Waals surface area contributed by atoms with Crippen molar-refractivity contribution in [3.05, 3.63) is 64.2 Å². The lowest BCUT2D eigenvalue weighted by Crippen LogP contribution is -2.05. The number of aromatic nitrogens is 1. The van der Waals surface area contributed by atoms with Crippen molar-refractivity contribution >= 4 is 11.4 Å². The molecule has 1 heterocycles. The molecule has 2 aromatic rings. The largest absolute Gasteiger partial charge is 0.379 e. The maximum Gasteiger partial charge on any atom is 0.292 e. The van der Waals surface area contributed by atoms with Crippen LogP contribution in [0.2, 0.25) is 0 Å². The predicted molar refractivity (Wildman–Crippen MR) is 64.6 cm³/mol. The maximum absolute atomic E-state index is 12.7. The third-order valence-corrected chi connectivity index (χ3v) is 2.37. The zero-order valence-electron chi connectivity index (χ0n) is 9.34. The molecule has 1 N–H and O–H groups in total. The lowest BCUT2D eigenvalue weighted by atomic mass is 10.2. The minimum Gasteiger partial charge on any atom is -0.379 e. The summed E-state index contributed by atoms with van der Waals surface area (Å²) in [7, 11) is 0. The van der Waals surface area contributed by atoms with Gasteiger partial charge in [-0.1, -0.05) is 0 Å². The molecule has 0 spiro atoms. The molecule has 0 aliphatic rings. The number of nitrogens with one attached hydrogen (secondary N) is 1. The van der Waals surface area contributed by atoms with Crippen molar-refractivity contribution in [2.75, 3.05) is 5.32 Å². The second-order valence-corrected chi connectivity index (χ2v) is 3.59. The van der Waals surface area contributed by atoms with E-state index in [4.69, 9.17) is 0 Å². The molecule has 0 atom stereocenters. The van der Waals surface area contributed by atoms with Crippen LogP contribution in [0.3, 0.4) is 0 Å². The summed E-state index contributed by atoms with van der Waals surface area (Å²) < 4.78 is 12.7. The Balaban J connectivity index is 2.10. The smallest absolute Gasteiger partial charge is 0.292 e. The summed E-state index contributed by atoms with van der Waals surface area (Å²) in [4.78, 5) is 14.2. The van der Waals surface area contributed by atoms with Gasteiger partial charge in [0.2, 0.25) is 0 Å². The molecule has 18 heavy (non-hydrogen) atoms. The number of anilines is 1. The fraction of sp³-hybridized carbons (Fsp3) is 0.0833. The second kappa shape index (κ2) is 5.22. The van der Waals surface area contributed by atoms with Gasteiger partial charge in [-0.2, -0.15) is 0 Å². The average molecular weight is 247 g/mol. The highest BCUT2D eigenvalue weighted by atomic mass is 19.1. The van der Waals surface area contributed by atoms with E-state index in [9.17, 15) is 14.5 Å². The first-order valence-electron chi connectivity index (χ1n) is 5.24. The number of hydrogen-bond donors (Lipinski definition) is 1. The van der Waals surface area contributed by atoms with Gasteiger partial charge in [-0.15, -0.1) is 0 Å². The number of nitrogens with zero attached hydrogens (tertiary/aromatic N) is 2. The monoisotopic (exact) mass is 247 g/mol. The van der Waals surface area contributed by atoms with Crippen LogP contribution in [0.25, 0.3) is 0 Å². The molecule has 0 aliphatic carbocycles. The molecule has 0 radical (unpaired) electrons. The van der Waals surface area contributed by atoms with Crippen LogP contribution >= 0.6 is 0 Å². The summed E-state index contributed by atoms with van der Waals surface area (Å²) in [5.74, 6) is -0.329. The number of rotatable bonds is 4. The van der Waals surface area contributed by atoms with Crippen molar-refractivity contribution in [3.8, 4) is 0 Å². The Bertz CT molecular complexity index is 558. The molecule has 2 rings (SSSR count). The highest BCUT2D eigenvalue weighted by Gasteiger charge is 2.13. The Morgan fingerprint density at radius 3 is 2.67 bits per heavy atom. The molecule has 6 heteroatoms. The normalized spacial score (nSPS) is 10.1.